The fourth-order valence-corrected chi connectivity index (χ4v) is 2.26. The molecule has 8 heteroatoms. The molecule has 1 saturated carbocycles. The van der Waals surface area contributed by atoms with Crippen molar-refractivity contribution in [3.8, 4) is 0 Å². The maximum absolute atomic E-state index is 13.4. The number of anilines is 1. The zero-order chi connectivity index (χ0) is 17.1. The fourth-order valence-electron chi connectivity index (χ4n) is 2.26. The van der Waals surface area contributed by atoms with Gasteiger partial charge in [0.2, 0.25) is 0 Å². The molecule has 2 aromatic rings. The number of aromatic nitrogens is 2. The lowest BCUT2D eigenvalue weighted by Gasteiger charge is -2.10. The van der Waals surface area contributed by atoms with E-state index in [1.165, 1.54) is 17.0 Å². The van der Waals surface area contributed by atoms with Crippen molar-refractivity contribution < 1.29 is 13.6 Å². The highest BCUT2D eigenvalue weighted by Crippen LogP contribution is 2.38. The van der Waals surface area contributed by atoms with Crippen molar-refractivity contribution in [2.75, 3.05) is 11.9 Å². The van der Waals surface area contributed by atoms with E-state index < -0.39 is 17.7 Å². The Hall–Kier alpha value is -2.77. The largest absolute Gasteiger partial charge is 0.336 e. The van der Waals surface area contributed by atoms with Gasteiger partial charge < -0.3 is 10.6 Å². The summed E-state index contributed by atoms with van der Waals surface area (Å²) in [7, 11) is 0. The third-order valence-corrected chi connectivity index (χ3v) is 3.71. The summed E-state index contributed by atoms with van der Waals surface area (Å²) in [5, 5.41) is 4.69. The predicted molar refractivity (Wildman–Crippen MR) is 83.9 cm³/mol. The molecule has 0 saturated heterocycles. The molecule has 1 aromatic carbocycles. The summed E-state index contributed by atoms with van der Waals surface area (Å²) in [6.45, 7) is 0.378. The van der Waals surface area contributed by atoms with Crippen molar-refractivity contribution in [1.29, 1.82) is 0 Å². The average molecular weight is 334 g/mol. The molecule has 1 aliphatic rings. The van der Waals surface area contributed by atoms with E-state index >= 15 is 0 Å². The number of nitrogens with one attached hydrogen (secondary N) is 2. The Kier molecular flexibility index (Phi) is 4.54. The molecule has 6 nitrogen and oxygen atoms in total. The van der Waals surface area contributed by atoms with Gasteiger partial charge in [0.15, 0.2) is 0 Å². The zero-order valence-corrected chi connectivity index (χ0v) is 12.8. The summed E-state index contributed by atoms with van der Waals surface area (Å²) < 4.78 is 27.8. The Morgan fingerprint density at radius 2 is 2.08 bits per heavy atom. The lowest BCUT2D eigenvalue weighted by Crippen LogP contribution is -2.34. The number of halogens is 2. The maximum Gasteiger partial charge on any atom is 0.319 e. The van der Waals surface area contributed by atoms with Crippen LogP contribution >= 0.6 is 0 Å². The van der Waals surface area contributed by atoms with E-state index in [4.69, 9.17) is 0 Å². The van der Waals surface area contributed by atoms with Crippen molar-refractivity contribution in [1.82, 2.24) is 14.9 Å². The molecule has 126 valence electrons. The molecule has 0 spiro atoms. The van der Waals surface area contributed by atoms with E-state index in [2.05, 4.69) is 15.6 Å². The van der Waals surface area contributed by atoms with Crippen molar-refractivity contribution in [2.24, 2.45) is 0 Å². The lowest BCUT2D eigenvalue weighted by molar-refractivity contribution is 0.251. The average Bonchev–Trinajstić information content (AvgIpc) is 3.37. The van der Waals surface area contributed by atoms with Gasteiger partial charge in [-0.3, -0.25) is 9.36 Å². The molecule has 2 amide bonds. The van der Waals surface area contributed by atoms with Crippen LogP contribution in [0.25, 0.3) is 0 Å². The summed E-state index contributed by atoms with van der Waals surface area (Å²) in [6, 6.07) is 3.61. The van der Waals surface area contributed by atoms with Gasteiger partial charge in [-0.25, -0.2) is 18.6 Å². The summed E-state index contributed by atoms with van der Waals surface area (Å²) in [6.07, 6.45) is 3.59. The minimum atomic E-state index is -0.734. The summed E-state index contributed by atoms with van der Waals surface area (Å²) >= 11 is 0. The maximum atomic E-state index is 13.4. The topological polar surface area (TPSA) is 76.0 Å². The van der Waals surface area contributed by atoms with Crippen molar-refractivity contribution in [3.63, 3.8) is 0 Å². The Morgan fingerprint density at radius 3 is 2.79 bits per heavy atom. The molecule has 1 aliphatic carbocycles. The molecule has 1 aromatic heterocycles. The number of benzene rings is 1. The van der Waals surface area contributed by atoms with Gasteiger partial charge >= 0.3 is 6.03 Å². The monoisotopic (exact) mass is 334 g/mol. The molecule has 3 rings (SSSR count). The number of nitrogens with zero attached hydrogens (tertiary/aromatic N) is 2. The smallest absolute Gasteiger partial charge is 0.319 e. The molecule has 0 bridgehead atoms. The first-order chi connectivity index (χ1) is 11.5. The molecule has 1 heterocycles. The van der Waals surface area contributed by atoms with Crippen LogP contribution in [0.1, 0.15) is 24.5 Å². The zero-order valence-electron chi connectivity index (χ0n) is 12.8. The minimum absolute atomic E-state index is 0.146. The van der Waals surface area contributed by atoms with Gasteiger partial charge in [-0.05, 0) is 25.0 Å². The van der Waals surface area contributed by atoms with Gasteiger partial charge in [0, 0.05) is 31.1 Å². The van der Waals surface area contributed by atoms with E-state index in [1.54, 1.807) is 0 Å². The molecule has 0 unspecified atom stereocenters. The summed E-state index contributed by atoms with van der Waals surface area (Å²) in [4.78, 5) is 27.8. The van der Waals surface area contributed by atoms with Crippen molar-refractivity contribution >= 4 is 11.7 Å². The van der Waals surface area contributed by atoms with E-state index in [9.17, 15) is 18.4 Å². The second-order valence-corrected chi connectivity index (χ2v) is 5.62. The fraction of sp³-hybridized carbons (Fsp3) is 0.312. The van der Waals surface area contributed by atoms with Gasteiger partial charge in [0.05, 0.1) is 17.7 Å². The van der Waals surface area contributed by atoms with Crippen molar-refractivity contribution in [3.05, 3.63) is 58.3 Å². The highest BCUT2D eigenvalue weighted by Gasteiger charge is 2.25. The molecular formula is C16H16F2N4O2. The number of carbonyl (C=O) groups is 1. The van der Waals surface area contributed by atoms with Crippen molar-refractivity contribution in [2.45, 2.75) is 25.3 Å². The second-order valence-electron chi connectivity index (χ2n) is 5.62. The number of hydrogen-bond acceptors (Lipinski definition) is 3. The second kappa shape index (κ2) is 6.77. The van der Waals surface area contributed by atoms with Crippen LogP contribution in [0.15, 0.2) is 35.4 Å². The van der Waals surface area contributed by atoms with Crippen LogP contribution in [0.5, 0.6) is 0 Å². The van der Waals surface area contributed by atoms with Gasteiger partial charge in [0.1, 0.15) is 11.6 Å². The Morgan fingerprint density at radius 1 is 1.29 bits per heavy atom. The standard InChI is InChI=1S/C16H16F2N4O2/c17-11-3-4-12(18)14(7-11)21-16(24)19-5-6-22-9-20-13(8-15(22)23)10-1-2-10/h3-4,7-10H,1-2,5-6H2,(H2,19,21,24). The van der Waals surface area contributed by atoms with E-state index in [1.807, 2.05) is 0 Å². The number of amides is 2. The van der Waals surface area contributed by atoms with Crippen LogP contribution in [-0.4, -0.2) is 22.1 Å². The van der Waals surface area contributed by atoms with E-state index in [0.29, 0.717) is 5.92 Å². The quantitative estimate of drug-likeness (QED) is 0.880. The highest BCUT2D eigenvalue weighted by molar-refractivity contribution is 5.89. The van der Waals surface area contributed by atoms with Crippen LogP contribution in [0.4, 0.5) is 19.3 Å². The van der Waals surface area contributed by atoms with Crippen LogP contribution < -0.4 is 16.2 Å². The normalized spacial score (nSPS) is 13.6. The first-order valence-corrected chi connectivity index (χ1v) is 7.59. The first kappa shape index (κ1) is 16.1. The minimum Gasteiger partial charge on any atom is -0.336 e. The molecule has 1 fully saturated rings. The molecule has 0 atom stereocenters. The first-order valence-electron chi connectivity index (χ1n) is 7.59. The summed E-state index contributed by atoms with van der Waals surface area (Å²) in [5.74, 6) is -0.986. The van der Waals surface area contributed by atoms with Gasteiger partial charge in [0.25, 0.3) is 5.56 Å². The van der Waals surface area contributed by atoms with E-state index in [-0.39, 0.29) is 24.3 Å². The van der Waals surface area contributed by atoms with Crippen LogP contribution in [0.3, 0.4) is 0 Å². The number of hydrogen-bond donors (Lipinski definition) is 2. The van der Waals surface area contributed by atoms with E-state index in [0.717, 1.165) is 36.7 Å². The Labute approximate surface area is 136 Å². The van der Waals surface area contributed by atoms with Gasteiger partial charge in [-0.2, -0.15) is 0 Å². The third kappa shape index (κ3) is 3.95. The van der Waals surface area contributed by atoms with Gasteiger partial charge in [-0.1, -0.05) is 0 Å². The number of urea groups is 1. The van der Waals surface area contributed by atoms with Crippen LogP contribution in [-0.2, 0) is 6.54 Å². The highest BCUT2D eigenvalue weighted by atomic mass is 19.1. The molecule has 0 radical (unpaired) electrons. The number of rotatable bonds is 5. The molecule has 24 heavy (non-hydrogen) atoms. The third-order valence-electron chi connectivity index (χ3n) is 3.71. The predicted octanol–water partition coefficient (Wildman–Crippen LogP) is 2.22. The Bertz CT molecular complexity index is 818. The molecular weight excluding hydrogens is 318 g/mol. The molecule has 2 N–H and O–H groups in total. The number of carbonyl (C=O) groups excluding carboxylic acids is 1. The Balaban J connectivity index is 1.51. The van der Waals surface area contributed by atoms with Gasteiger partial charge in [-0.15, -0.1) is 0 Å². The SMILES string of the molecule is O=C(NCCn1cnc(C2CC2)cc1=O)Nc1cc(F)ccc1F. The summed E-state index contributed by atoms with van der Waals surface area (Å²) in [5.41, 5.74) is 0.383. The lowest BCUT2D eigenvalue weighted by atomic mass is 10.3. The van der Waals surface area contributed by atoms with Crippen LogP contribution in [0.2, 0.25) is 0 Å². The van der Waals surface area contributed by atoms with Crippen LogP contribution in [0, 0.1) is 11.6 Å². The molecule has 0 aliphatic heterocycles.